The van der Waals surface area contributed by atoms with Gasteiger partial charge in [0.15, 0.2) is 6.61 Å². The summed E-state index contributed by atoms with van der Waals surface area (Å²) in [6.07, 6.45) is 0. The summed E-state index contributed by atoms with van der Waals surface area (Å²) < 4.78 is 10.2. The minimum Gasteiger partial charge on any atom is -0.497 e. The normalized spacial score (nSPS) is 10.4. The lowest BCUT2D eigenvalue weighted by Gasteiger charge is -2.17. The van der Waals surface area contributed by atoms with Crippen LogP contribution in [0, 0.1) is 0 Å². The molecule has 6 heteroatoms. The molecule has 0 spiro atoms. The average Bonchev–Trinajstić information content (AvgIpc) is 2.71. The van der Waals surface area contributed by atoms with Gasteiger partial charge in [-0.15, -0.1) is 0 Å². The quantitative estimate of drug-likeness (QED) is 0.629. The summed E-state index contributed by atoms with van der Waals surface area (Å²) in [7, 11) is 3.26. The van der Waals surface area contributed by atoms with Gasteiger partial charge in [0.2, 0.25) is 0 Å². The van der Waals surface area contributed by atoms with Gasteiger partial charge in [-0.3, -0.25) is 4.79 Å². The zero-order chi connectivity index (χ0) is 19.2. The Hall–Kier alpha value is -3.41. The van der Waals surface area contributed by atoms with Crippen LogP contribution in [0.2, 0.25) is 0 Å². The lowest BCUT2D eigenvalue weighted by Crippen LogP contribution is -2.30. The van der Waals surface area contributed by atoms with Crippen LogP contribution in [0.4, 0.5) is 0 Å². The Morgan fingerprint density at radius 3 is 2.48 bits per heavy atom. The van der Waals surface area contributed by atoms with Crippen molar-refractivity contribution < 1.29 is 19.1 Å². The van der Waals surface area contributed by atoms with Crippen molar-refractivity contribution in [3.8, 4) is 5.75 Å². The van der Waals surface area contributed by atoms with Gasteiger partial charge in [-0.1, -0.05) is 36.4 Å². The summed E-state index contributed by atoms with van der Waals surface area (Å²) in [5.41, 5.74) is 1.84. The Morgan fingerprint density at radius 2 is 1.74 bits per heavy atom. The van der Waals surface area contributed by atoms with Crippen molar-refractivity contribution in [2.75, 3.05) is 20.8 Å². The van der Waals surface area contributed by atoms with Crippen molar-refractivity contribution in [2.24, 2.45) is 0 Å². The molecule has 0 saturated heterocycles. The Kier molecular flexibility index (Phi) is 5.66. The number of fused-ring (bicyclic) bond motifs is 1. The van der Waals surface area contributed by atoms with Gasteiger partial charge >= 0.3 is 5.97 Å². The van der Waals surface area contributed by atoms with Crippen LogP contribution in [0.3, 0.4) is 0 Å². The number of esters is 1. The molecule has 1 heterocycles. The summed E-state index contributed by atoms with van der Waals surface area (Å²) >= 11 is 0. The van der Waals surface area contributed by atoms with Crippen molar-refractivity contribution in [1.29, 1.82) is 0 Å². The van der Waals surface area contributed by atoms with Crippen molar-refractivity contribution in [3.63, 3.8) is 0 Å². The Bertz CT molecular complexity index is 954. The first kappa shape index (κ1) is 18.4. The number of nitrogens with zero attached hydrogens (tertiary/aromatic N) is 2. The second kappa shape index (κ2) is 8.31. The summed E-state index contributed by atoms with van der Waals surface area (Å²) in [6.45, 7) is 0.0780. The lowest BCUT2D eigenvalue weighted by molar-refractivity contribution is -0.133. The second-order valence-electron chi connectivity index (χ2n) is 6.06. The van der Waals surface area contributed by atoms with Gasteiger partial charge in [0.1, 0.15) is 11.4 Å². The summed E-state index contributed by atoms with van der Waals surface area (Å²) in [5.74, 6) is -0.156. The maximum Gasteiger partial charge on any atom is 0.357 e. The molecule has 3 rings (SSSR count). The first-order chi connectivity index (χ1) is 13.1. The fraction of sp³-hybridized carbons (Fsp3) is 0.190. The van der Waals surface area contributed by atoms with Gasteiger partial charge in [-0.2, -0.15) is 0 Å². The number of hydrogen-bond acceptors (Lipinski definition) is 5. The highest BCUT2D eigenvalue weighted by atomic mass is 16.5. The van der Waals surface area contributed by atoms with Gasteiger partial charge in [-0.05, 0) is 29.8 Å². The maximum absolute atomic E-state index is 12.2. The van der Waals surface area contributed by atoms with Crippen LogP contribution in [0.5, 0.6) is 5.75 Å². The largest absolute Gasteiger partial charge is 0.497 e. The van der Waals surface area contributed by atoms with Crippen LogP contribution in [0.1, 0.15) is 16.1 Å². The number of hydrogen-bond donors (Lipinski definition) is 0. The SMILES string of the molecule is COc1ccc(CN(C)C(=O)COC(=O)c2ccc3ccccc3n2)cc1. The molecule has 138 valence electrons. The van der Waals surface area contributed by atoms with Crippen LogP contribution >= 0.6 is 0 Å². The molecular weight excluding hydrogens is 344 g/mol. The zero-order valence-electron chi connectivity index (χ0n) is 15.2. The summed E-state index contributed by atoms with van der Waals surface area (Å²) in [5, 5.41) is 0.935. The number of carbonyl (C=O) groups is 2. The molecule has 0 saturated carbocycles. The highest BCUT2D eigenvalue weighted by Gasteiger charge is 2.15. The predicted octanol–water partition coefficient (Wildman–Crippen LogP) is 3.06. The highest BCUT2D eigenvalue weighted by Crippen LogP contribution is 2.14. The van der Waals surface area contributed by atoms with Gasteiger partial charge in [0, 0.05) is 19.0 Å². The van der Waals surface area contributed by atoms with E-state index >= 15 is 0 Å². The Morgan fingerprint density at radius 1 is 1.00 bits per heavy atom. The number of carbonyl (C=O) groups excluding carboxylic acids is 2. The first-order valence-electron chi connectivity index (χ1n) is 8.46. The zero-order valence-corrected chi connectivity index (χ0v) is 15.2. The van der Waals surface area contributed by atoms with Gasteiger partial charge < -0.3 is 14.4 Å². The minimum absolute atomic E-state index is 0.180. The fourth-order valence-electron chi connectivity index (χ4n) is 2.58. The van der Waals surface area contributed by atoms with E-state index in [1.807, 2.05) is 48.5 Å². The van der Waals surface area contributed by atoms with Crippen molar-refractivity contribution in [1.82, 2.24) is 9.88 Å². The highest BCUT2D eigenvalue weighted by molar-refractivity contribution is 5.92. The van der Waals surface area contributed by atoms with E-state index in [4.69, 9.17) is 9.47 Å². The van der Waals surface area contributed by atoms with Crippen molar-refractivity contribution >= 4 is 22.8 Å². The summed E-state index contributed by atoms with van der Waals surface area (Å²) in [4.78, 5) is 30.2. The monoisotopic (exact) mass is 364 g/mol. The van der Waals surface area contributed by atoms with Crippen molar-refractivity contribution in [3.05, 3.63) is 71.9 Å². The van der Waals surface area contributed by atoms with E-state index in [-0.39, 0.29) is 18.2 Å². The van der Waals surface area contributed by atoms with Gasteiger partial charge in [0.25, 0.3) is 5.91 Å². The van der Waals surface area contributed by atoms with Crippen LogP contribution in [-0.4, -0.2) is 42.5 Å². The lowest BCUT2D eigenvalue weighted by atomic mass is 10.2. The smallest absolute Gasteiger partial charge is 0.357 e. The van der Waals surface area contributed by atoms with E-state index in [0.29, 0.717) is 12.1 Å². The van der Waals surface area contributed by atoms with Crippen LogP contribution in [0.15, 0.2) is 60.7 Å². The summed E-state index contributed by atoms with van der Waals surface area (Å²) in [6, 6.07) is 18.3. The standard InChI is InChI=1S/C21H20N2O4/c1-23(13-15-7-10-17(26-2)11-8-15)20(24)14-27-21(25)19-12-9-16-5-3-4-6-18(16)22-19/h3-12H,13-14H2,1-2H3. The minimum atomic E-state index is -0.619. The molecule has 6 nitrogen and oxygen atoms in total. The second-order valence-corrected chi connectivity index (χ2v) is 6.06. The molecule has 1 aromatic heterocycles. The van der Waals surface area contributed by atoms with E-state index in [1.165, 1.54) is 4.90 Å². The first-order valence-corrected chi connectivity index (χ1v) is 8.46. The Labute approximate surface area is 157 Å². The molecule has 0 bridgehead atoms. The molecule has 0 atom stereocenters. The number of rotatable bonds is 6. The molecule has 0 unspecified atom stereocenters. The third-order valence-corrected chi connectivity index (χ3v) is 4.14. The molecule has 2 aromatic carbocycles. The molecule has 0 radical (unpaired) electrons. The number of benzene rings is 2. The number of methoxy groups -OCH3 is 1. The number of aromatic nitrogens is 1. The molecular formula is C21H20N2O4. The third-order valence-electron chi connectivity index (χ3n) is 4.14. The van der Waals surface area contributed by atoms with E-state index < -0.39 is 5.97 Å². The van der Waals surface area contributed by atoms with E-state index in [1.54, 1.807) is 26.3 Å². The van der Waals surface area contributed by atoms with Gasteiger partial charge in [0.05, 0.1) is 12.6 Å². The number of likely N-dealkylation sites (N-methyl/N-ethyl adjacent to an activating group) is 1. The molecule has 27 heavy (non-hydrogen) atoms. The molecule has 1 amide bonds. The molecule has 0 aliphatic carbocycles. The fourth-order valence-corrected chi connectivity index (χ4v) is 2.58. The number of ether oxygens (including phenoxy) is 2. The van der Waals surface area contributed by atoms with Gasteiger partial charge in [-0.25, -0.2) is 9.78 Å². The van der Waals surface area contributed by atoms with E-state index in [2.05, 4.69) is 4.98 Å². The average molecular weight is 364 g/mol. The molecule has 0 fully saturated rings. The van der Waals surface area contributed by atoms with Crippen LogP contribution in [0.25, 0.3) is 10.9 Å². The van der Waals surface area contributed by atoms with E-state index in [0.717, 1.165) is 16.7 Å². The van der Waals surface area contributed by atoms with Crippen molar-refractivity contribution in [2.45, 2.75) is 6.54 Å². The van der Waals surface area contributed by atoms with E-state index in [9.17, 15) is 9.59 Å². The predicted molar refractivity (Wildman–Crippen MR) is 101 cm³/mol. The molecule has 0 N–H and O–H groups in total. The topological polar surface area (TPSA) is 68.7 Å². The number of para-hydroxylation sites is 1. The molecule has 3 aromatic rings. The number of pyridine rings is 1. The third kappa shape index (κ3) is 4.61. The maximum atomic E-state index is 12.2. The molecule has 0 aliphatic rings. The van der Waals surface area contributed by atoms with Crippen LogP contribution in [-0.2, 0) is 16.1 Å². The number of amides is 1. The Balaban J connectivity index is 1.55. The van der Waals surface area contributed by atoms with Crippen LogP contribution < -0.4 is 4.74 Å². The molecule has 0 aliphatic heterocycles.